The highest BCUT2D eigenvalue weighted by molar-refractivity contribution is 5.94. The van der Waals surface area contributed by atoms with Gasteiger partial charge < -0.3 is 19.2 Å². The summed E-state index contributed by atoms with van der Waals surface area (Å²) in [6.07, 6.45) is 1.54. The largest absolute Gasteiger partial charge is 0.490 e. The smallest absolute Gasteiger partial charge is 0.266 e. The Hall–Kier alpha value is -3.55. The topological polar surface area (TPSA) is 95.6 Å². The van der Waals surface area contributed by atoms with Gasteiger partial charge in [0.25, 0.3) is 11.5 Å². The summed E-state index contributed by atoms with van der Waals surface area (Å²) in [5.41, 5.74) is 0.740. The van der Waals surface area contributed by atoms with Crippen LogP contribution in [0.4, 0.5) is 0 Å². The van der Waals surface area contributed by atoms with Crippen LogP contribution in [0.15, 0.2) is 57.9 Å². The van der Waals surface area contributed by atoms with Crippen LogP contribution in [0.3, 0.4) is 0 Å². The molecular weight excluding hydrogens is 374 g/mol. The van der Waals surface area contributed by atoms with Crippen LogP contribution in [-0.4, -0.2) is 35.4 Å². The first kappa shape index (κ1) is 20.2. The van der Waals surface area contributed by atoms with Gasteiger partial charge in [0.15, 0.2) is 17.3 Å². The van der Waals surface area contributed by atoms with Gasteiger partial charge in [0.05, 0.1) is 26.0 Å². The second-order valence-electron chi connectivity index (χ2n) is 6.04. The molecule has 0 atom stereocenters. The fourth-order valence-electron chi connectivity index (χ4n) is 2.73. The SMILES string of the molecule is CCOc1ccc(C(=O)NCCn2nc(-c3ccco3)ccc2=O)cc1OCC. The Balaban J connectivity index is 1.65. The summed E-state index contributed by atoms with van der Waals surface area (Å²) in [6, 6.07) is 11.6. The predicted octanol–water partition coefficient (Wildman–Crippen LogP) is 2.73. The summed E-state index contributed by atoms with van der Waals surface area (Å²) in [7, 11) is 0. The van der Waals surface area contributed by atoms with Crippen LogP contribution < -0.4 is 20.3 Å². The number of carbonyl (C=O) groups is 1. The quantitative estimate of drug-likeness (QED) is 0.596. The lowest BCUT2D eigenvalue weighted by molar-refractivity contribution is 0.0951. The Morgan fingerprint density at radius 2 is 1.90 bits per heavy atom. The number of hydrogen-bond acceptors (Lipinski definition) is 6. The minimum atomic E-state index is -0.274. The van der Waals surface area contributed by atoms with E-state index in [0.29, 0.717) is 41.7 Å². The summed E-state index contributed by atoms with van der Waals surface area (Å²) < 4.78 is 17.7. The molecule has 8 nitrogen and oxygen atoms in total. The number of amides is 1. The van der Waals surface area contributed by atoms with E-state index in [2.05, 4.69) is 10.4 Å². The van der Waals surface area contributed by atoms with Crippen LogP contribution in [0.2, 0.25) is 0 Å². The van der Waals surface area contributed by atoms with E-state index in [0.717, 1.165) is 0 Å². The maximum atomic E-state index is 12.5. The van der Waals surface area contributed by atoms with Gasteiger partial charge in [0, 0.05) is 18.2 Å². The Bertz CT molecular complexity index is 1010. The summed E-state index contributed by atoms with van der Waals surface area (Å²) in [5.74, 6) is 1.41. The van der Waals surface area contributed by atoms with Crippen molar-refractivity contribution in [2.24, 2.45) is 0 Å². The van der Waals surface area contributed by atoms with Gasteiger partial charge in [-0.3, -0.25) is 9.59 Å². The Kier molecular flexibility index (Phi) is 6.67. The standard InChI is InChI=1S/C21H23N3O5/c1-3-27-18-9-7-15(14-19(18)28-4-2)21(26)22-11-12-24-20(25)10-8-16(23-24)17-6-5-13-29-17/h5-10,13-14H,3-4,11-12H2,1-2H3,(H,22,26). The van der Waals surface area contributed by atoms with Gasteiger partial charge in [0.2, 0.25) is 0 Å². The van der Waals surface area contributed by atoms with Gasteiger partial charge in [-0.1, -0.05) is 0 Å². The number of aromatic nitrogens is 2. The van der Waals surface area contributed by atoms with Crippen molar-refractivity contribution < 1.29 is 18.7 Å². The zero-order chi connectivity index (χ0) is 20.6. The molecule has 1 aromatic carbocycles. The number of nitrogens with one attached hydrogen (secondary N) is 1. The van der Waals surface area contributed by atoms with E-state index >= 15 is 0 Å². The molecule has 3 aromatic rings. The third kappa shape index (κ3) is 5.04. The van der Waals surface area contributed by atoms with E-state index in [9.17, 15) is 9.59 Å². The van der Waals surface area contributed by atoms with Crippen molar-refractivity contribution >= 4 is 5.91 Å². The summed E-state index contributed by atoms with van der Waals surface area (Å²) in [4.78, 5) is 24.5. The molecule has 0 saturated carbocycles. The molecule has 0 aliphatic carbocycles. The normalized spacial score (nSPS) is 10.6. The Morgan fingerprint density at radius 3 is 2.62 bits per heavy atom. The summed E-state index contributed by atoms with van der Waals surface area (Å²) >= 11 is 0. The molecule has 2 heterocycles. The van der Waals surface area contributed by atoms with E-state index in [1.807, 2.05) is 13.8 Å². The van der Waals surface area contributed by atoms with Gasteiger partial charge in [-0.25, -0.2) is 4.68 Å². The van der Waals surface area contributed by atoms with Crippen molar-refractivity contribution in [2.45, 2.75) is 20.4 Å². The Morgan fingerprint density at radius 1 is 1.10 bits per heavy atom. The Labute approximate surface area is 168 Å². The van der Waals surface area contributed by atoms with Crippen LogP contribution in [0.1, 0.15) is 24.2 Å². The average Bonchev–Trinajstić information content (AvgIpc) is 3.26. The number of furan rings is 1. The number of benzene rings is 1. The highest BCUT2D eigenvalue weighted by Crippen LogP contribution is 2.28. The van der Waals surface area contributed by atoms with Crippen molar-refractivity contribution in [1.29, 1.82) is 0 Å². The van der Waals surface area contributed by atoms with Crippen LogP contribution in [-0.2, 0) is 6.54 Å². The molecule has 8 heteroatoms. The molecule has 0 bridgehead atoms. The fourth-order valence-corrected chi connectivity index (χ4v) is 2.73. The fraction of sp³-hybridized carbons (Fsp3) is 0.286. The third-order valence-corrected chi connectivity index (χ3v) is 4.05. The molecule has 0 spiro atoms. The molecule has 0 aliphatic rings. The molecule has 1 amide bonds. The lowest BCUT2D eigenvalue weighted by Gasteiger charge is -2.12. The van der Waals surface area contributed by atoms with E-state index in [1.54, 1.807) is 42.7 Å². The molecule has 1 N–H and O–H groups in total. The van der Waals surface area contributed by atoms with Crippen LogP contribution in [0, 0.1) is 0 Å². The molecule has 0 aliphatic heterocycles. The first-order valence-corrected chi connectivity index (χ1v) is 9.42. The number of nitrogens with zero attached hydrogens (tertiary/aromatic N) is 2. The minimum absolute atomic E-state index is 0.231. The zero-order valence-corrected chi connectivity index (χ0v) is 16.4. The first-order chi connectivity index (χ1) is 14.1. The van der Waals surface area contributed by atoms with Crippen LogP contribution in [0.25, 0.3) is 11.5 Å². The van der Waals surface area contributed by atoms with Crippen LogP contribution >= 0.6 is 0 Å². The van der Waals surface area contributed by atoms with Crippen molar-refractivity contribution in [1.82, 2.24) is 15.1 Å². The highest BCUT2D eigenvalue weighted by Gasteiger charge is 2.12. The lowest BCUT2D eigenvalue weighted by Crippen LogP contribution is -2.32. The molecule has 3 rings (SSSR count). The van der Waals surface area contributed by atoms with Crippen molar-refractivity contribution in [2.75, 3.05) is 19.8 Å². The van der Waals surface area contributed by atoms with E-state index in [-0.39, 0.29) is 24.6 Å². The second-order valence-corrected chi connectivity index (χ2v) is 6.04. The number of rotatable bonds is 9. The second kappa shape index (κ2) is 9.59. The van der Waals surface area contributed by atoms with Gasteiger partial charge in [-0.2, -0.15) is 5.10 Å². The maximum absolute atomic E-state index is 12.5. The predicted molar refractivity (Wildman–Crippen MR) is 107 cm³/mol. The highest BCUT2D eigenvalue weighted by atomic mass is 16.5. The van der Waals surface area contributed by atoms with Crippen molar-refractivity contribution in [3.63, 3.8) is 0 Å². The van der Waals surface area contributed by atoms with Crippen molar-refractivity contribution in [3.8, 4) is 23.0 Å². The average molecular weight is 397 g/mol. The van der Waals surface area contributed by atoms with E-state index < -0.39 is 0 Å². The van der Waals surface area contributed by atoms with Crippen molar-refractivity contribution in [3.05, 3.63) is 64.6 Å². The first-order valence-electron chi connectivity index (χ1n) is 9.42. The van der Waals surface area contributed by atoms with Gasteiger partial charge in [-0.15, -0.1) is 0 Å². The van der Waals surface area contributed by atoms with E-state index in [1.165, 1.54) is 10.7 Å². The molecule has 29 heavy (non-hydrogen) atoms. The third-order valence-electron chi connectivity index (χ3n) is 4.05. The summed E-state index contributed by atoms with van der Waals surface area (Å²) in [6.45, 7) is 5.19. The van der Waals surface area contributed by atoms with Gasteiger partial charge in [-0.05, 0) is 50.2 Å². The maximum Gasteiger partial charge on any atom is 0.266 e. The van der Waals surface area contributed by atoms with Crippen LogP contribution in [0.5, 0.6) is 11.5 Å². The number of ether oxygens (including phenoxy) is 2. The van der Waals surface area contributed by atoms with E-state index in [4.69, 9.17) is 13.9 Å². The van der Waals surface area contributed by atoms with Gasteiger partial charge >= 0.3 is 0 Å². The molecule has 2 aromatic heterocycles. The molecule has 0 saturated heterocycles. The minimum Gasteiger partial charge on any atom is -0.490 e. The number of hydrogen-bond donors (Lipinski definition) is 1. The van der Waals surface area contributed by atoms with Gasteiger partial charge in [0.1, 0.15) is 5.69 Å². The molecule has 152 valence electrons. The molecular formula is C21H23N3O5. The molecule has 0 unspecified atom stereocenters. The zero-order valence-electron chi connectivity index (χ0n) is 16.4. The number of carbonyl (C=O) groups excluding carboxylic acids is 1. The summed E-state index contributed by atoms with van der Waals surface area (Å²) in [5, 5.41) is 7.07. The lowest BCUT2D eigenvalue weighted by atomic mass is 10.2. The molecule has 0 radical (unpaired) electrons. The monoisotopic (exact) mass is 397 g/mol. The molecule has 0 fully saturated rings.